The van der Waals surface area contributed by atoms with Gasteiger partial charge in [-0.15, -0.1) is 21.5 Å². The number of guanidine groups is 1. The summed E-state index contributed by atoms with van der Waals surface area (Å²) in [7, 11) is 1.62. The van der Waals surface area contributed by atoms with Gasteiger partial charge in [0, 0.05) is 38.4 Å². The molecule has 154 valence electrons. The molecule has 0 unspecified atom stereocenters. The number of rotatable bonds is 6. The molecule has 0 aromatic carbocycles. The number of nitrogens with one attached hydrogen (secondary N) is 2. The van der Waals surface area contributed by atoms with Gasteiger partial charge in [0.2, 0.25) is 0 Å². The Hall–Kier alpha value is -2.17. The van der Waals surface area contributed by atoms with E-state index in [1.54, 1.807) is 7.05 Å². The van der Waals surface area contributed by atoms with Crippen LogP contribution in [0.25, 0.3) is 0 Å². The first-order chi connectivity index (χ1) is 13.5. The molecule has 1 aliphatic heterocycles. The maximum atomic E-state index is 12.6. The van der Waals surface area contributed by atoms with E-state index in [1.807, 2.05) is 0 Å². The molecule has 0 aliphatic carbocycles. The van der Waals surface area contributed by atoms with Crippen LogP contribution in [0.4, 0.5) is 13.2 Å². The molecule has 0 bridgehead atoms. The molecule has 3 rings (SSSR count). The summed E-state index contributed by atoms with van der Waals surface area (Å²) in [5, 5.41) is 16.2. The number of fused-ring (bicyclic) bond motifs is 1. The zero-order valence-corrected chi connectivity index (χ0v) is 16.5. The maximum Gasteiger partial charge on any atom is 0.434 e. The Bertz CT molecular complexity index is 797. The molecule has 11 heteroatoms. The molecule has 2 aromatic rings. The third-order valence-corrected chi connectivity index (χ3v) is 5.38. The average molecular weight is 415 g/mol. The van der Waals surface area contributed by atoms with Crippen LogP contribution in [0.5, 0.6) is 0 Å². The van der Waals surface area contributed by atoms with Gasteiger partial charge in [-0.25, -0.2) is 4.98 Å². The van der Waals surface area contributed by atoms with Crippen molar-refractivity contribution in [3.8, 4) is 0 Å². The molecule has 0 atom stereocenters. The van der Waals surface area contributed by atoms with E-state index in [9.17, 15) is 13.2 Å². The number of nitrogens with zero attached hydrogens (tertiary/aromatic N) is 5. The van der Waals surface area contributed by atoms with E-state index in [0.29, 0.717) is 17.5 Å². The van der Waals surface area contributed by atoms with Crippen molar-refractivity contribution in [2.75, 3.05) is 13.6 Å². The van der Waals surface area contributed by atoms with Gasteiger partial charge < -0.3 is 15.2 Å². The summed E-state index contributed by atoms with van der Waals surface area (Å²) in [4.78, 5) is 7.69. The van der Waals surface area contributed by atoms with E-state index in [-0.39, 0.29) is 6.54 Å². The normalized spacial score (nSPS) is 15.2. The Labute approximate surface area is 165 Å². The average Bonchev–Trinajstić information content (AvgIpc) is 3.22. The number of hydrogen-bond acceptors (Lipinski definition) is 5. The summed E-state index contributed by atoms with van der Waals surface area (Å²) < 4.78 is 40.0. The lowest BCUT2D eigenvalue weighted by Crippen LogP contribution is -2.37. The molecule has 0 saturated carbocycles. The fraction of sp³-hybridized carbons (Fsp3) is 0.647. The van der Waals surface area contributed by atoms with E-state index in [4.69, 9.17) is 0 Å². The highest BCUT2D eigenvalue weighted by molar-refractivity contribution is 7.09. The fourth-order valence-electron chi connectivity index (χ4n) is 3.09. The summed E-state index contributed by atoms with van der Waals surface area (Å²) in [6.45, 7) is 1.85. The SMILES string of the molecule is CN=C(NCCCc1nnc2n1CCCCC2)NCc1nc(C(F)(F)F)cs1. The van der Waals surface area contributed by atoms with Gasteiger partial charge in [0.05, 0.1) is 6.54 Å². The largest absolute Gasteiger partial charge is 0.434 e. The van der Waals surface area contributed by atoms with Gasteiger partial charge in [-0.2, -0.15) is 13.2 Å². The lowest BCUT2D eigenvalue weighted by molar-refractivity contribution is -0.140. The minimum atomic E-state index is -4.41. The van der Waals surface area contributed by atoms with Crippen LogP contribution in [0.3, 0.4) is 0 Å². The highest BCUT2D eigenvalue weighted by Crippen LogP contribution is 2.29. The van der Waals surface area contributed by atoms with Crippen LogP contribution in [0.1, 0.15) is 48.0 Å². The highest BCUT2D eigenvalue weighted by atomic mass is 32.1. The molecule has 7 nitrogen and oxygen atoms in total. The van der Waals surface area contributed by atoms with Crippen molar-refractivity contribution in [3.05, 3.63) is 27.7 Å². The monoisotopic (exact) mass is 415 g/mol. The number of hydrogen-bond donors (Lipinski definition) is 2. The van der Waals surface area contributed by atoms with E-state index in [2.05, 4.69) is 35.4 Å². The van der Waals surface area contributed by atoms with Crippen molar-refractivity contribution < 1.29 is 13.2 Å². The van der Waals surface area contributed by atoms with Crippen LogP contribution in [-0.4, -0.2) is 39.3 Å². The van der Waals surface area contributed by atoms with Crippen LogP contribution >= 0.6 is 11.3 Å². The van der Waals surface area contributed by atoms with Crippen LogP contribution in [0, 0.1) is 0 Å². The number of halogens is 3. The standard InChI is InChI=1S/C17H24F3N7S/c1-21-16(23-10-15-24-12(11-28-15)17(18,19)20)22-8-5-7-14-26-25-13-6-3-2-4-9-27(13)14/h11H,2-10H2,1H3,(H2,21,22,23). The first kappa shape index (κ1) is 20.6. The Balaban J connectivity index is 1.41. The van der Waals surface area contributed by atoms with Crippen molar-refractivity contribution in [1.82, 2.24) is 30.4 Å². The molecule has 0 fully saturated rings. The smallest absolute Gasteiger partial charge is 0.356 e. The van der Waals surface area contributed by atoms with Gasteiger partial charge in [0.15, 0.2) is 11.7 Å². The minimum Gasteiger partial charge on any atom is -0.356 e. The quantitative estimate of drug-likeness (QED) is 0.431. The third-order valence-electron chi connectivity index (χ3n) is 4.53. The molecule has 2 aromatic heterocycles. The Kier molecular flexibility index (Phi) is 6.87. The second-order valence-corrected chi connectivity index (χ2v) is 7.52. The molecule has 2 N–H and O–H groups in total. The van der Waals surface area contributed by atoms with Crippen molar-refractivity contribution in [2.45, 2.75) is 57.8 Å². The first-order valence-corrected chi connectivity index (χ1v) is 10.2. The molecule has 1 aliphatic rings. The first-order valence-electron chi connectivity index (χ1n) is 9.34. The number of aryl methyl sites for hydroxylation is 2. The Morgan fingerprint density at radius 1 is 1.25 bits per heavy atom. The number of aromatic nitrogens is 4. The molecule has 0 amide bonds. The number of aliphatic imine (C=N–C) groups is 1. The molecule has 0 radical (unpaired) electrons. The zero-order chi connectivity index (χ0) is 20.0. The molecule has 28 heavy (non-hydrogen) atoms. The summed E-state index contributed by atoms with van der Waals surface area (Å²) in [6, 6.07) is 0. The maximum absolute atomic E-state index is 12.6. The summed E-state index contributed by atoms with van der Waals surface area (Å²) in [5.41, 5.74) is -0.857. The summed E-state index contributed by atoms with van der Waals surface area (Å²) in [5.74, 6) is 2.63. The van der Waals surface area contributed by atoms with E-state index >= 15 is 0 Å². The van der Waals surface area contributed by atoms with Gasteiger partial charge in [-0.3, -0.25) is 4.99 Å². The van der Waals surface area contributed by atoms with Gasteiger partial charge >= 0.3 is 6.18 Å². The predicted molar refractivity (Wildman–Crippen MR) is 101 cm³/mol. The van der Waals surface area contributed by atoms with Crippen LogP contribution < -0.4 is 10.6 Å². The Morgan fingerprint density at radius 2 is 2.11 bits per heavy atom. The summed E-state index contributed by atoms with van der Waals surface area (Å²) >= 11 is 0.976. The highest BCUT2D eigenvalue weighted by Gasteiger charge is 2.33. The van der Waals surface area contributed by atoms with Crippen LogP contribution in [0.15, 0.2) is 10.4 Å². The van der Waals surface area contributed by atoms with Crippen LogP contribution in [-0.2, 0) is 32.1 Å². The second kappa shape index (κ2) is 9.35. The van der Waals surface area contributed by atoms with Crippen molar-refractivity contribution in [2.24, 2.45) is 4.99 Å². The zero-order valence-electron chi connectivity index (χ0n) is 15.7. The number of thiazole rings is 1. The molecular weight excluding hydrogens is 391 g/mol. The van der Waals surface area contributed by atoms with Gasteiger partial charge in [-0.1, -0.05) is 6.42 Å². The van der Waals surface area contributed by atoms with Crippen LogP contribution in [0.2, 0.25) is 0 Å². The summed E-state index contributed by atoms with van der Waals surface area (Å²) in [6.07, 6.45) is 1.83. The minimum absolute atomic E-state index is 0.193. The van der Waals surface area contributed by atoms with E-state index < -0.39 is 11.9 Å². The number of alkyl halides is 3. The van der Waals surface area contributed by atoms with Crippen molar-refractivity contribution >= 4 is 17.3 Å². The van der Waals surface area contributed by atoms with E-state index in [0.717, 1.165) is 54.2 Å². The second-order valence-electron chi connectivity index (χ2n) is 6.58. The lowest BCUT2D eigenvalue weighted by Gasteiger charge is -2.11. The Morgan fingerprint density at radius 3 is 2.86 bits per heavy atom. The van der Waals surface area contributed by atoms with Gasteiger partial charge in [0.1, 0.15) is 16.7 Å². The predicted octanol–water partition coefficient (Wildman–Crippen LogP) is 2.78. The topological polar surface area (TPSA) is 80.0 Å². The van der Waals surface area contributed by atoms with Gasteiger partial charge in [0.25, 0.3) is 0 Å². The fourth-order valence-corrected chi connectivity index (χ4v) is 3.83. The lowest BCUT2D eigenvalue weighted by atomic mass is 10.2. The van der Waals surface area contributed by atoms with E-state index in [1.165, 1.54) is 19.3 Å². The third kappa shape index (κ3) is 5.43. The molecule has 0 spiro atoms. The molecule has 0 saturated heterocycles. The van der Waals surface area contributed by atoms with Gasteiger partial charge in [-0.05, 0) is 19.3 Å². The van der Waals surface area contributed by atoms with Crippen molar-refractivity contribution in [3.63, 3.8) is 0 Å². The molecular formula is C17H24F3N7S. The van der Waals surface area contributed by atoms with Crippen molar-refractivity contribution in [1.29, 1.82) is 0 Å². The molecule has 3 heterocycles.